The van der Waals surface area contributed by atoms with Gasteiger partial charge in [0.2, 0.25) is 0 Å². The van der Waals surface area contributed by atoms with Gasteiger partial charge in [0.1, 0.15) is 18.1 Å². The van der Waals surface area contributed by atoms with Crippen molar-refractivity contribution < 1.29 is 23.4 Å². The summed E-state index contributed by atoms with van der Waals surface area (Å²) in [5, 5.41) is 4.44. The van der Waals surface area contributed by atoms with E-state index < -0.39 is 0 Å². The lowest BCUT2D eigenvalue weighted by atomic mass is 10.0. The van der Waals surface area contributed by atoms with E-state index in [1.54, 1.807) is 43.5 Å². The van der Waals surface area contributed by atoms with Crippen molar-refractivity contribution in [3.8, 4) is 28.5 Å². The van der Waals surface area contributed by atoms with Gasteiger partial charge in [0.05, 0.1) is 27.0 Å². The van der Waals surface area contributed by atoms with Crippen LogP contribution in [-0.2, 0) is 24.2 Å². The number of nitrogens with zero attached hydrogens (tertiary/aromatic N) is 2. The minimum Gasteiger partial charge on any atom is -0.497 e. The summed E-state index contributed by atoms with van der Waals surface area (Å²) in [5.41, 5.74) is 2.79. The number of Topliss-reactive ketones (excluding diaryl/α,β-unsaturated/α-hetero) is 1. The molecule has 1 aromatic heterocycles. The minimum absolute atomic E-state index is 0.0838. The van der Waals surface area contributed by atoms with Crippen molar-refractivity contribution in [2.24, 2.45) is 0 Å². The van der Waals surface area contributed by atoms with E-state index in [-0.39, 0.29) is 30.1 Å². The van der Waals surface area contributed by atoms with E-state index in [1.807, 2.05) is 24.3 Å². The maximum absolute atomic E-state index is 13.5. The quantitative estimate of drug-likeness (QED) is 0.318. The van der Waals surface area contributed by atoms with Crippen LogP contribution in [0.3, 0.4) is 0 Å². The Bertz CT molecular complexity index is 1460. The number of rotatable bonds is 10. The Kier molecular flexibility index (Phi) is 7.98. The third-order valence-electron chi connectivity index (χ3n) is 5.89. The Hall–Kier alpha value is -4.46. The Morgan fingerprint density at radius 1 is 0.865 bits per heavy atom. The lowest BCUT2D eigenvalue weighted by molar-refractivity contribution is -0.119. The highest BCUT2D eigenvalue weighted by Crippen LogP contribution is 2.28. The average molecular weight is 503 g/mol. The van der Waals surface area contributed by atoms with E-state index in [4.69, 9.17) is 14.2 Å². The van der Waals surface area contributed by atoms with Crippen molar-refractivity contribution in [1.82, 2.24) is 9.78 Å². The van der Waals surface area contributed by atoms with E-state index in [1.165, 1.54) is 31.0 Å². The van der Waals surface area contributed by atoms with E-state index in [2.05, 4.69) is 5.10 Å². The second-order valence-electron chi connectivity index (χ2n) is 8.46. The van der Waals surface area contributed by atoms with Gasteiger partial charge in [0.25, 0.3) is 5.56 Å². The van der Waals surface area contributed by atoms with Crippen LogP contribution in [0.2, 0.25) is 0 Å². The van der Waals surface area contributed by atoms with Crippen molar-refractivity contribution in [2.75, 3.05) is 21.3 Å². The number of ketones is 1. The number of ether oxygens (including phenoxy) is 3. The molecular formula is C29H27FN2O5. The van der Waals surface area contributed by atoms with Crippen LogP contribution in [0.25, 0.3) is 11.3 Å². The zero-order valence-corrected chi connectivity index (χ0v) is 20.9. The molecule has 0 atom stereocenters. The summed E-state index contributed by atoms with van der Waals surface area (Å²) in [5.74, 6) is 1.17. The molecule has 4 rings (SSSR count). The van der Waals surface area contributed by atoms with Crippen molar-refractivity contribution >= 4 is 5.78 Å². The number of carbonyl (C=O) groups is 1. The van der Waals surface area contributed by atoms with Crippen molar-refractivity contribution in [3.05, 3.63) is 106 Å². The maximum Gasteiger partial charge on any atom is 0.270 e. The fourth-order valence-electron chi connectivity index (χ4n) is 4.04. The average Bonchev–Trinajstić information content (AvgIpc) is 2.91. The number of methoxy groups -OCH3 is 3. The molecule has 8 heteroatoms. The predicted octanol–water partition coefficient (Wildman–Crippen LogP) is 4.48. The topological polar surface area (TPSA) is 79.7 Å². The Balaban J connectivity index is 1.67. The highest BCUT2D eigenvalue weighted by molar-refractivity contribution is 5.81. The monoisotopic (exact) mass is 502 g/mol. The number of benzene rings is 3. The smallest absolute Gasteiger partial charge is 0.270 e. The first-order valence-electron chi connectivity index (χ1n) is 11.6. The van der Waals surface area contributed by atoms with Gasteiger partial charge in [-0.25, -0.2) is 9.07 Å². The van der Waals surface area contributed by atoms with Crippen LogP contribution in [0, 0.1) is 5.82 Å². The summed E-state index contributed by atoms with van der Waals surface area (Å²) in [6, 6.07) is 20.2. The van der Waals surface area contributed by atoms with Crippen LogP contribution in [0.5, 0.6) is 17.2 Å². The van der Waals surface area contributed by atoms with Gasteiger partial charge < -0.3 is 14.2 Å². The van der Waals surface area contributed by atoms with Crippen molar-refractivity contribution in [3.63, 3.8) is 0 Å². The summed E-state index contributed by atoms with van der Waals surface area (Å²) < 4.78 is 30.6. The summed E-state index contributed by atoms with van der Waals surface area (Å²) in [4.78, 5) is 26.4. The molecule has 0 spiro atoms. The molecule has 0 fully saturated rings. The van der Waals surface area contributed by atoms with E-state index in [9.17, 15) is 14.0 Å². The van der Waals surface area contributed by atoms with Gasteiger partial charge >= 0.3 is 0 Å². The number of hydrogen-bond donors (Lipinski definition) is 0. The van der Waals surface area contributed by atoms with Crippen LogP contribution < -0.4 is 19.8 Å². The van der Waals surface area contributed by atoms with E-state index in [0.717, 1.165) is 11.1 Å². The van der Waals surface area contributed by atoms with Gasteiger partial charge in [-0.3, -0.25) is 9.59 Å². The Labute approximate surface area is 214 Å². The molecule has 37 heavy (non-hydrogen) atoms. The third-order valence-corrected chi connectivity index (χ3v) is 5.89. The number of halogens is 1. The SMILES string of the molecule is COc1cccc(Cc2cc(-c3ccc(F)cc3)nn(CC(=O)Cc3ccc(OC)c(OC)c3)c2=O)c1. The number of aromatic nitrogens is 2. The molecule has 0 bridgehead atoms. The highest BCUT2D eigenvalue weighted by Gasteiger charge is 2.15. The summed E-state index contributed by atoms with van der Waals surface area (Å²) in [7, 11) is 4.64. The molecule has 4 aromatic rings. The molecule has 0 radical (unpaired) electrons. The molecule has 0 aliphatic heterocycles. The second-order valence-corrected chi connectivity index (χ2v) is 8.46. The fourth-order valence-corrected chi connectivity index (χ4v) is 4.04. The van der Waals surface area contributed by atoms with E-state index >= 15 is 0 Å². The fraction of sp³-hybridized carbons (Fsp3) is 0.207. The Morgan fingerprint density at radius 2 is 1.62 bits per heavy atom. The zero-order valence-electron chi connectivity index (χ0n) is 20.9. The van der Waals surface area contributed by atoms with Gasteiger partial charge in [-0.1, -0.05) is 18.2 Å². The van der Waals surface area contributed by atoms with Crippen LogP contribution in [0.4, 0.5) is 4.39 Å². The van der Waals surface area contributed by atoms with Gasteiger partial charge in [-0.15, -0.1) is 0 Å². The van der Waals surface area contributed by atoms with Crippen LogP contribution in [-0.4, -0.2) is 36.9 Å². The first-order chi connectivity index (χ1) is 17.9. The van der Waals surface area contributed by atoms with E-state index in [0.29, 0.717) is 40.5 Å². The van der Waals surface area contributed by atoms with Gasteiger partial charge in [-0.2, -0.15) is 5.10 Å². The molecule has 0 unspecified atom stereocenters. The normalized spacial score (nSPS) is 10.7. The molecule has 190 valence electrons. The lowest BCUT2D eigenvalue weighted by Crippen LogP contribution is -2.30. The van der Waals surface area contributed by atoms with Gasteiger partial charge in [-0.05, 0) is 65.7 Å². The maximum atomic E-state index is 13.5. The first kappa shape index (κ1) is 25.6. The predicted molar refractivity (Wildman–Crippen MR) is 138 cm³/mol. The van der Waals surface area contributed by atoms with Crippen LogP contribution in [0.15, 0.2) is 77.6 Å². The standard InChI is InChI=1S/C29H27FN2O5/c1-35-25-6-4-5-19(15-25)13-22-17-26(21-8-10-23(30)11-9-21)31-32(29(22)34)18-24(33)14-20-7-12-27(36-2)28(16-20)37-3/h4-12,15-17H,13-14,18H2,1-3H3. The molecule has 3 aromatic carbocycles. The summed E-state index contributed by atoms with van der Waals surface area (Å²) >= 11 is 0. The molecule has 0 saturated carbocycles. The second kappa shape index (κ2) is 11.5. The molecule has 0 aliphatic rings. The third kappa shape index (κ3) is 6.22. The summed E-state index contributed by atoms with van der Waals surface area (Å²) in [6.45, 7) is -0.215. The van der Waals surface area contributed by atoms with Gasteiger partial charge in [0.15, 0.2) is 17.3 Å². The zero-order chi connectivity index (χ0) is 26.4. The Morgan fingerprint density at radius 3 is 2.32 bits per heavy atom. The molecule has 0 N–H and O–H groups in total. The largest absolute Gasteiger partial charge is 0.497 e. The van der Waals surface area contributed by atoms with Gasteiger partial charge in [0, 0.05) is 24.0 Å². The first-order valence-corrected chi connectivity index (χ1v) is 11.6. The molecule has 7 nitrogen and oxygen atoms in total. The van der Waals surface area contributed by atoms with Crippen LogP contribution >= 0.6 is 0 Å². The van der Waals surface area contributed by atoms with Crippen molar-refractivity contribution in [1.29, 1.82) is 0 Å². The molecule has 0 amide bonds. The minimum atomic E-state index is -0.376. The number of carbonyl (C=O) groups excluding carboxylic acids is 1. The molecule has 0 saturated heterocycles. The highest BCUT2D eigenvalue weighted by atomic mass is 19.1. The summed E-state index contributed by atoms with van der Waals surface area (Å²) in [6.07, 6.45) is 0.400. The molecule has 0 aliphatic carbocycles. The van der Waals surface area contributed by atoms with Crippen LogP contribution in [0.1, 0.15) is 16.7 Å². The molecular weight excluding hydrogens is 475 g/mol. The lowest BCUT2D eigenvalue weighted by Gasteiger charge is -2.12. The number of hydrogen-bond acceptors (Lipinski definition) is 6. The molecule has 1 heterocycles. The van der Waals surface area contributed by atoms with Crippen molar-refractivity contribution in [2.45, 2.75) is 19.4 Å².